The van der Waals surface area contributed by atoms with Gasteiger partial charge in [0.25, 0.3) is 5.56 Å². The van der Waals surface area contributed by atoms with Crippen molar-refractivity contribution in [3.63, 3.8) is 0 Å². The number of phosphoric ester groups is 1. The number of ether oxygens (including phenoxy) is 1. The molecule has 1 aromatic heterocycles. The first kappa shape index (κ1) is 32.0. The van der Waals surface area contributed by atoms with Crippen molar-refractivity contribution in [1.29, 1.82) is 0 Å². The van der Waals surface area contributed by atoms with E-state index < -0.39 is 65.9 Å². The first-order chi connectivity index (χ1) is 13.1. The van der Waals surface area contributed by atoms with Gasteiger partial charge in [-0.1, -0.05) is 0 Å². The third-order valence-electron chi connectivity index (χ3n) is 3.28. The van der Waals surface area contributed by atoms with Crippen LogP contribution >= 0.6 is 23.5 Å². The third kappa shape index (κ3) is 9.62. The van der Waals surface area contributed by atoms with E-state index in [1.165, 1.54) is 0 Å². The van der Waals surface area contributed by atoms with E-state index in [2.05, 4.69) is 13.1 Å². The molecule has 1 aromatic rings. The summed E-state index contributed by atoms with van der Waals surface area (Å²) in [6.45, 7) is -1.05. The average Bonchev–Trinajstić information content (AvgIpc) is 2.78. The van der Waals surface area contributed by atoms with Gasteiger partial charge in [-0.15, -0.1) is 0 Å². The molecule has 170 valence electrons. The van der Waals surface area contributed by atoms with E-state index in [-0.39, 0.29) is 59.1 Å². The molecule has 0 aromatic carbocycles. The van der Waals surface area contributed by atoms with Crippen molar-refractivity contribution in [3.8, 4) is 0 Å². The Hall–Kier alpha value is 0.970. The molecular weight excluding hydrogens is 515 g/mol. The predicted octanol–water partition coefficient (Wildman–Crippen LogP) is -3.80. The van der Waals surface area contributed by atoms with Gasteiger partial charge in [0.2, 0.25) is 0 Å². The second-order valence-corrected chi connectivity index (χ2v) is 9.87. The van der Waals surface area contributed by atoms with Gasteiger partial charge in [-0.25, -0.2) is 18.5 Å². The van der Waals surface area contributed by atoms with Crippen LogP contribution in [-0.4, -0.2) is 123 Å². The summed E-state index contributed by atoms with van der Waals surface area (Å²) < 4.78 is 50.6. The summed E-state index contributed by atoms with van der Waals surface area (Å²) in [5, 5.41) is 19.9. The van der Waals surface area contributed by atoms with Gasteiger partial charge < -0.3 is 34.5 Å². The van der Waals surface area contributed by atoms with Gasteiger partial charge in [0, 0.05) is 12.3 Å². The van der Waals surface area contributed by atoms with Gasteiger partial charge in [0.05, 0.1) is 6.61 Å². The third-order valence-corrected chi connectivity index (χ3v) is 7.08. The molecule has 6 atom stereocenters. The fraction of sp³-hybridized carbons (Fsp3) is 0.556. The van der Waals surface area contributed by atoms with Crippen LogP contribution in [0.15, 0.2) is 21.9 Å². The van der Waals surface area contributed by atoms with Crippen LogP contribution in [0.4, 0.5) is 0 Å². The number of H-pyrrole nitrogens is 1. The van der Waals surface area contributed by atoms with Crippen LogP contribution in [0.1, 0.15) is 6.23 Å². The Morgan fingerprint density at radius 3 is 2.10 bits per heavy atom. The Balaban J connectivity index is 0.00000450. The monoisotopic (exact) mass is 532 g/mol. The van der Waals surface area contributed by atoms with Crippen LogP contribution in [0.25, 0.3) is 0 Å². The van der Waals surface area contributed by atoms with Crippen molar-refractivity contribution < 1.29 is 61.4 Å². The summed E-state index contributed by atoms with van der Waals surface area (Å²) in [4.78, 5) is 59.9. The van der Waals surface area contributed by atoms with Gasteiger partial charge in [0.1, 0.15) is 18.3 Å². The summed E-state index contributed by atoms with van der Waals surface area (Å²) in [5.74, 6) is 0. The fourth-order valence-electron chi connectivity index (χ4n) is 2.20. The van der Waals surface area contributed by atoms with Gasteiger partial charge in [0.15, 0.2) is 6.23 Å². The standard InChI is InChI=1S/C9H15N2O15P3.2Na.2H/c12-5-1-2-11(9(15)10-5)8-7(14)6(13)4(24-8)3-23-28(19,20)26-29(21,22)25-27(16,17)18;;;;/h1-2,4,6-8,13-14H,3H2,(H,19,20)(H,21,22)(H,10,12,15)(H2,16,17,18);;;;/t4-,6-,7-,8-;;;;/m1..../s1. The van der Waals surface area contributed by atoms with E-state index in [0.29, 0.717) is 4.57 Å². The molecule has 17 nitrogen and oxygen atoms in total. The molecule has 0 radical (unpaired) electrons. The summed E-state index contributed by atoms with van der Waals surface area (Å²) in [6, 6.07) is 0.920. The number of hydrogen-bond donors (Lipinski definition) is 7. The summed E-state index contributed by atoms with van der Waals surface area (Å²) in [5.41, 5.74) is -1.74. The van der Waals surface area contributed by atoms with Gasteiger partial charge in [-0.3, -0.25) is 18.9 Å². The van der Waals surface area contributed by atoms with E-state index in [0.717, 1.165) is 12.3 Å². The number of rotatable bonds is 8. The molecule has 2 heterocycles. The average molecular weight is 532 g/mol. The number of aromatic nitrogens is 2. The molecule has 0 spiro atoms. The normalized spacial score (nSPS) is 27.4. The number of aliphatic hydroxyl groups excluding tert-OH is 2. The quantitative estimate of drug-likeness (QED) is 0.125. The summed E-state index contributed by atoms with van der Waals surface area (Å²) in [6.07, 6.45) is -5.70. The summed E-state index contributed by atoms with van der Waals surface area (Å²) >= 11 is 0. The molecule has 1 saturated heterocycles. The molecule has 0 bridgehead atoms. The van der Waals surface area contributed by atoms with Crippen LogP contribution in [0, 0.1) is 0 Å². The van der Waals surface area contributed by atoms with Gasteiger partial charge in [-0.05, 0) is 0 Å². The molecule has 31 heavy (non-hydrogen) atoms. The zero-order valence-electron chi connectivity index (χ0n) is 13.8. The van der Waals surface area contributed by atoms with E-state index in [4.69, 9.17) is 19.4 Å². The van der Waals surface area contributed by atoms with E-state index in [9.17, 15) is 38.4 Å². The number of phosphoric acid groups is 3. The fourth-order valence-corrected chi connectivity index (χ4v) is 5.23. The second kappa shape index (κ2) is 12.1. The van der Waals surface area contributed by atoms with E-state index in [1.54, 1.807) is 0 Å². The van der Waals surface area contributed by atoms with Crippen molar-refractivity contribution >= 4 is 82.6 Å². The first-order valence-corrected chi connectivity index (χ1v) is 11.7. The van der Waals surface area contributed by atoms with Crippen LogP contribution in [0.5, 0.6) is 0 Å². The molecule has 1 aliphatic heterocycles. The van der Waals surface area contributed by atoms with Crippen molar-refractivity contribution in [1.82, 2.24) is 9.55 Å². The molecule has 1 aliphatic rings. The van der Waals surface area contributed by atoms with Crippen molar-refractivity contribution in [2.24, 2.45) is 0 Å². The number of aliphatic hydroxyl groups is 2. The minimum absolute atomic E-state index is 0. The second-order valence-electron chi connectivity index (χ2n) is 5.45. The van der Waals surface area contributed by atoms with Crippen molar-refractivity contribution in [3.05, 3.63) is 33.1 Å². The molecule has 22 heteroatoms. The predicted molar refractivity (Wildman–Crippen MR) is 101 cm³/mol. The Morgan fingerprint density at radius 2 is 1.58 bits per heavy atom. The molecule has 0 saturated carbocycles. The van der Waals surface area contributed by atoms with E-state index in [1.807, 2.05) is 4.98 Å². The first-order valence-electron chi connectivity index (χ1n) is 7.22. The molecule has 0 aliphatic carbocycles. The van der Waals surface area contributed by atoms with Gasteiger partial charge >= 0.3 is 88.3 Å². The number of nitrogens with one attached hydrogen (secondary N) is 1. The van der Waals surface area contributed by atoms with Crippen molar-refractivity contribution in [2.45, 2.75) is 24.5 Å². The Kier molecular flexibility index (Phi) is 12.5. The molecule has 2 unspecified atom stereocenters. The molecular formula is C9H17N2Na2O15P3. The molecule has 7 N–H and O–H groups in total. The van der Waals surface area contributed by atoms with E-state index >= 15 is 0 Å². The number of hydrogen-bond acceptors (Lipinski definition) is 11. The zero-order chi connectivity index (χ0) is 22.2. The minimum atomic E-state index is -5.73. The maximum atomic E-state index is 11.7. The van der Waals surface area contributed by atoms with Gasteiger partial charge in [-0.2, -0.15) is 8.62 Å². The van der Waals surface area contributed by atoms with Crippen LogP contribution < -0.4 is 11.2 Å². The van der Waals surface area contributed by atoms with Crippen LogP contribution in [0.3, 0.4) is 0 Å². The molecule has 1 fully saturated rings. The Bertz CT molecular complexity index is 1010. The zero-order valence-corrected chi connectivity index (χ0v) is 16.5. The van der Waals surface area contributed by atoms with Crippen molar-refractivity contribution in [2.75, 3.05) is 6.61 Å². The Labute approximate surface area is 216 Å². The number of aromatic amines is 1. The summed E-state index contributed by atoms with van der Waals surface area (Å²) in [7, 11) is -16.8. The van der Waals surface area contributed by atoms with Crippen LogP contribution in [0.2, 0.25) is 0 Å². The topological polar surface area (TPSA) is 264 Å². The number of nitrogens with zero attached hydrogens (tertiary/aromatic N) is 1. The SMILES string of the molecule is O=c1ccn([C@@H]2O[C@H](COP(=O)(O)OP(=O)(O)OP(=O)(O)O)[C@@H](O)[C@H]2O)c(=O)[nH]1.[NaH].[NaH]. The Morgan fingerprint density at radius 1 is 1.00 bits per heavy atom. The molecule has 2 rings (SSSR count). The molecule has 0 amide bonds. The van der Waals surface area contributed by atoms with Crippen LogP contribution in [-0.2, 0) is 31.6 Å². The maximum absolute atomic E-state index is 11.7.